The van der Waals surface area contributed by atoms with Gasteiger partial charge in [0.2, 0.25) is 0 Å². The van der Waals surface area contributed by atoms with Crippen LogP contribution >= 0.6 is 0 Å². The summed E-state index contributed by atoms with van der Waals surface area (Å²) in [6.07, 6.45) is -0.551. The summed E-state index contributed by atoms with van der Waals surface area (Å²) >= 11 is 0. The Bertz CT molecular complexity index is 463. The fraction of sp³-hybridized carbons (Fsp3) is 0.562. The van der Waals surface area contributed by atoms with Crippen LogP contribution in [0.3, 0.4) is 0 Å². The molecule has 2 unspecified atom stereocenters. The SMILES string of the molecule is CCNC(=O)C(C)Oc1cc(OC)ccc1C(C)NCC. The van der Waals surface area contributed by atoms with E-state index in [9.17, 15) is 4.79 Å². The molecular formula is C16H26N2O3. The largest absolute Gasteiger partial charge is 0.497 e. The van der Waals surface area contributed by atoms with E-state index in [1.54, 1.807) is 14.0 Å². The smallest absolute Gasteiger partial charge is 0.260 e. The topological polar surface area (TPSA) is 59.6 Å². The molecule has 1 rings (SSSR count). The number of hydrogen-bond acceptors (Lipinski definition) is 4. The van der Waals surface area contributed by atoms with Gasteiger partial charge in [0.15, 0.2) is 6.10 Å². The van der Waals surface area contributed by atoms with Crippen LogP contribution in [0.2, 0.25) is 0 Å². The molecule has 2 N–H and O–H groups in total. The third-order valence-electron chi connectivity index (χ3n) is 3.22. The van der Waals surface area contributed by atoms with Gasteiger partial charge in [-0.25, -0.2) is 0 Å². The Morgan fingerprint density at radius 1 is 1.24 bits per heavy atom. The molecule has 0 aliphatic heterocycles. The quantitative estimate of drug-likeness (QED) is 0.772. The van der Waals surface area contributed by atoms with Gasteiger partial charge in [0.05, 0.1) is 7.11 Å². The zero-order chi connectivity index (χ0) is 15.8. The van der Waals surface area contributed by atoms with E-state index in [2.05, 4.69) is 24.5 Å². The molecule has 0 saturated carbocycles. The maximum atomic E-state index is 11.8. The van der Waals surface area contributed by atoms with E-state index < -0.39 is 6.10 Å². The molecule has 1 amide bonds. The lowest BCUT2D eigenvalue weighted by atomic mass is 10.1. The number of rotatable bonds is 8. The standard InChI is InChI=1S/C16H26N2O3/c1-6-17-11(3)14-9-8-13(20-5)10-15(14)21-12(4)16(19)18-7-2/h8-12,17H,6-7H2,1-5H3,(H,18,19). The molecule has 118 valence electrons. The van der Waals surface area contributed by atoms with Crippen molar-refractivity contribution in [1.82, 2.24) is 10.6 Å². The molecule has 5 heteroatoms. The minimum absolute atomic E-state index is 0.123. The third-order valence-corrected chi connectivity index (χ3v) is 3.22. The summed E-state index contributed by atoms with van der Waals surface area (Å²) in [5.74, 6) is 1.25. The van der Waals surface area contributed by atoms with Crippen molar-refractivity contribution in [3.05, 3.63) is 23.8 Å². The second kappa shape index (κ2) is 8.52. The van der Waals surface area contributed by atoms with Gasteiger partial charge >= 0.3 is 0 Å². The number of carbonyl (C=O) groups excluding carboxylic acids is 1. The van der Waals surface area contributed by atoms with Crippen molar-refractivity contribution in [2.24, 2.45) is 0 Å². The zero-order valence-electron chi connectivity index (χ0n) is 13.5. The number of carbonyl (C=O) groups is 1. The number of amides is 1. The van der Waals surface area contributed by atoms with Gasteiger partial charge in [-0.15, -0.1) is 0 Å². The van der Waals surface area contributed by atoms with Crippen LogP contribution < -0.4 is 20.1 Å². The molecule has 0 fully saturated rings. The molecule has 0 spiro atoms. The maximum absolute atomic E-state index is 11.8. The highest BCUT2D eigenvalue weighted by Crippen LogP contribution is 2.30. The van der Waals surface area contributed by atoms with Crippen molar-refractivity contribution < 1.29 is 14.3 Å². The van der Waals surface area contributed by atoms with E-state index in [0.717, 1.165) is 12.1 Å². The van der Waals surface area contributed by atoms with Crippen LogP contribution in [0.5, 0.6) is 11.5 Å². The minimum Gasteiger partial charge on any atom is -0.497 e. The van der Waals surface area contributed by atoms with Crippen LogP contribution in [0.4, 0.5) is 0 Å². The fourth-order valence-corrected chi connectivity index (χ4v) is 2.08. The number of likely N-dealkylation sites (N-methyl/N-ethyl adjacent to an activating group) is 1. The van der Waals surface area contributed by atoms with E-state index in [-0.39, 0.29) is 11.9 Å². The average Bonchev–Trinajstić information content (AvgIpc) is 2.47. The maximum Gasteiger partial charge on any atom is 0.260 e. The summed E-state index contributed by atoms with van der Waals surface area (Å²) in [6, 6.07) is 5.81. The van der Waals surface area contributed by atoms with Gasteiger partial charge < -0.3 is 20.1 Å². The summed E-state index contributed by atoms with van der Waals surface area (Å²) < 4.78 is 11.1. The summed E-state index contributed by atoms with van der Waals surface area (Å²) in [6.45, 7) is 9.19. The van der Waals surface area contributed by atoms with Gasteiger partial charge in [0, 0.05) is 24.2 Å². The van der Waals surface area contributed by atoms with Gasteiger partial charge in [-0.2, -0.15) is 0 Å². The van der Waals surface area contributed by atoms with E-state index in [4.69, 9.17) is 9.47 Å². The highest BCUT2D eigenvalue weighted by atomic mass is 16.5. The first-order valence-corrected chi connectivity index (χ1v) is 7.39. The highest BCUT2D eigenvalue weighted by Gasteiger charge is 2.18. The van der Waals surface area contributed by atoms with E-state index in [1.807, 2.05) is 25.1 Å². The van der Waals surface area contributed by atoms with Crippen LogP contribution in [-0.2, 0) is 4.79 Å². The second-order valence-corrected chi connectivity index (χ2v) is 4.84. The zero-order valence-corrected chi connectivity index (χ0v) is 13.5. The molecule has 0 heterocycles. The highest BCUT2D eigenvalue weighted by molar-refractivity contribution is 5.80. The number of benzene rings is 1. The number of nitrogens with one attached hydrogen (secondary N) is 2. The molecule has 2 atom stereocenters. The van der Waals surface area contributed by atoms with Crippen LogP contribution in [0, 0.1) is 0 Å². The Morgan fingerprint density at radius 3 is 2.52 bits per heavy atom. The lowest BCUT2D eigenvalue weighted by Gasteiger charge is -2.21. The molecule has 21 heavy (non-hydrogen) atoms. The first-order valence-electron chi connectivity index (χ1n) is 7.39. The Balaban J connectivity index is 2.98. The number of ether oxygens (including phenoxy) is 2. The van der Waals surface area contributed by atoms with Crippen molar-refractivity contribution in [1.29, 1.82) is 0 Å². The third kappa shape index (κ3) is 4.93. The predicted molar refractivity (Wildman–Crippen MR) is 83.9 cm³/mol. The van der Waals surface area contributed by atoms with Crippen LogP contribution in [0.1, 0.15) is 39.3 Å². The minimum atomic E-state index is -0.551. The predicted octanol–water partition coefficient (Wildman–Crippen LogP) is 2.27. The molecule has 0 radical (unpaired) electrons. The van der Waals surface area contributed by atoms with Crippen molar-refractivity contribution in [2.45, 2.75) is 39.8 Å². The summed E-state index contributed by atoms with van der Waals surface area (Å²) in [7, 11) is 1.61. The molecular weight excluding hydrogens is 268 g/mol. The lowest BCUT2D eigenvalue weighted by Crippen LogP contribution is -2.36. The van der Waals surface area contributed by atoms with Gasteiger partial charge in [0.1, 0.15) is 11.5 Å². The second-order valence-electron chi connectivity index (χ2n) is 4.84. The van der Waals surface area contributed by atoms with Crippen LogP contribution in [-0.4, -0.2) is 32.2 Å². The molecule has 0 aliphatic carbocycles. The Hall–Kier alpha value is -1.75. The summed E-state index contributed by atoms with van der Waals surface area (Å²) in [5, 5.41) is 6.10. The van der Waals surface area contributed by atoms with Crippen LogP contribution in [0.15, 0.2) is 18.2 Å². The molecule has 0 saturated heterocycles. The van der Waals surface area contributed by atoms with E-state index in [0.29, 0.717) is 18.0 Å². The van der Waals surface area contributed by atoms with Gasteiger partial charge in [-0.05, 0) is 33.4 Å². The molecule has 0 aliphatic rings. The molecule has 0 aromatic heterocycles. The van der Waals surface area contributed by atoms with Gasteiger partial charge in [-0.1, -0.05) is 13.0 Å². The normalized spacial score (nSPS) is 13.4. The lowest BCUT2D eigenvalue weighted by molar-refractivity contribution is -0.127. The molecule has 0 bridgehead atoms. The van der Waals surface area contributed by atoms with E-state index in [1.165, 1.54) is 0 Å². The van der Waals surface area contributed by atoms with Gasteiger partial charge in [-0.3, -0.25) is 4.79 Å². The first kappa shape index (κ1) is 17.3. The number of hydrogen-bond donors (Lipinski definition) is 2. The van der Waals surface area contributed by atoms with Crippen LogP contribution in [0.25, 0.3) is 0 Å². The fourth-order valence-electron chi connectivity index (χ4n) is 2.08. The van der Waals surface area contributed by atoms with Gasteiger partial charge in [0.25, 0.3) is 5.91 Å². The van der Waals surface area contributed by atoms with Crippen molar-refractivity contribution >= 4 is 5.91 Å². The van der Waals surface area contributed by atoms with Crippen molar-refractivity contribution in [2.75, 3.05) is 20.2 Å². The Morgan fingerprint density at radius 2 is 1.95 bits per heavy atom. The summed E-state index contributed by atoms with van der Waals surface area (Å²) in [4.78, 5) is 11.8. The monoisotopic (exact) mass is 294 g/mol. The first-order chi connectivity index (χ1) is 10.0. The van der Waals surface area contributed by atoms with E-state index >= 15 is 0 Å². The summed E-state index contributed by atoms with van der Waals surface area (Å²) in [5.41, 5.74) is 1.01. The van der Waals surface area contributed by atoms with Crippen molar-refractivity contribution in [3.63, 3.8) is 0 Å². The molecule has 5 nitrogen and oxygen atoms in total. The van der Waals surface area contributed by atoms with Crippen molar-refractivity contribution in [3.8, 4) is 11.5 Å². The Labute approximate surface area is 127 Å². The Kier molecular flexibility index (Phi) is 7.02. The molecule has 1 aromatic carbocycles. The number of methoxy groups -OCH3 is 1. The molecule has 1 aromatic rings. The average molecular weight is 294 g/mol.